The van der Waals surface area contributed by atoms with E-state index in [0.29, 0.717) is 32.1 Å². The number of aromatic nitrogens is 2. The van der Waals surface area contributed by atoms with E-state index in [9.17, 15) is 4.79 Å². The molecule has 8 nitrogen and oxygen atoms in total. The molecule has 198 valence electrons. The molecule has 1 unspecified atom stereocenters. The van der Waals surface area contributed by atoms with Crippen LogP contribution in [0.1, 0.15) is 50.3 Å². The van der Waals surface area contributed by atoms with Crippen LogP contribution in [0.25, 0.3) is 11.0 Å². The number of hydrogen-bond donors (Lipinski definition) is 0. The van der Waals surface area contributed by atoms with Gasteiger partial charge < -0.3 is 23.6 Å². The molecule has 0 amide bonds. The van der Waals surface area contributed by atoms with E-state index in [1.165, 1.54) is 26.4 Å². The highest BCUT2D eigenvalue weighted by molar-refractivity contribution is 6.01. The van der Waals surface area contributed by atoms with Crippen LogP contribution in [0.2, 0.25) is 0 Å². The lowest BCUT2D eigenvalue weighted by molar-refractivity contribution is -0.153. The maximum absolute atomic E-state index is 11.9. The van der Waals surface area contributed by atoms with Crippen molar-refractivity contribution >= 4 is 22.7 Å². The molecule has 0 aliphatic heterocycles. The summed E-state index contributed by atoms with van der Waals surface area (Å²) in [6.45, 7) is 3.48. The van der Waals surface area contributed by atoms with Crippen molar-refractivity contribution < 1.29 is 23.8 Å². The van der Waals surface area contributed by atoms with Gasteiger partial charge in [-0.3, -0.25) is 0 Å². The van der Waals surface area contributed by atoms with Crippen LogP contribution in [0.3, 0.4) is 0 Å². The van der Waals surface area contributed by atoms with Crippen LogP contribution in [0.4, 0.5) is 0 Å². The van der Waals surface area contributed by atoms with Crippen LogP contribution in [0, 0.1) is 5.92 Å². The average molecular weight is 508 g/mol. The summed E-state index contributed by atoms with van der Waals surface area (Å²) in [5, 5.41) is 5.46. The molecule has 1 aromatic carbocycles. The molecule has 1 aliphatic carbocycles. The Morgan fingerprint density at radius 2 is 1.86 bits per heavy atom. The summed E-state index contributed by atoms with van der Waals surface area (Å²) in [6.07, 6.45) is 7.90. The molecule has 1 aliphatic rings. The molecular weight excluding hydrogens is 470 g/mol. The topological polar surface area (TPSA) is 84.2 Å². The maximum Gasteiger partial charge on any atom is 0.335 e. The molecule has 0 spiro atoms. The Kier molecular flexibility index (Phi) is 9.54. The Labute approximate surface area is 218 Å². The zero-order chi connectivity index (χ0) is 26.0. The van der Waals surface area contributed by atoms with Crippen molar-refractivity contribution in [3.05, 3.63) is 59.9 Å². The summed E-state index contributed by atoms with van der Waals surface area (Å²) in [7, 11) is 2.98. The van der Waals surface area contributed by atoms with Crippen molar-refractivity contribution in [2.75, 3.05) is 27.4 Å². The molecule has 37 heavy (non-hydrogen) atoms. The van der Waals surface area contributed by atoms with E-state index in [1.807, 2.05) is 43.5 Å². The summed E-state index contributed by atoms with van der Waals surface area (Å²) in [4.78, 5) is 22.1. The van der Waals surface area contributed by atoms with Crippen LogP contribution in [0.15, 0.2) is 53.8 Å². The first-order valence-electron chi connectivity index (χ1n) is 13.1. The summed E-state index contributed by atoms with van der Waals surface area (Å²) in [6, 6.07) is 14.0. The molecule has 8 heteroatoms. The van der Waals surface area contributed by atoms with Gasteiger partial charge in [0.05, 0.1) is 19.3 Å². The number of esters is 1. The van der Waals surface area contributed by atoms with Crippen molar-refractivity contribution in [3.63, 3.8) is 0 Å². The predicted molar refractivity (Wildman–Crippen MR) is 143 cm³/mol. The van der Waals surface area contributed by atoms with Gasteiger partial charge >= 0.3 is 5.97 Å². The minimum Gasteiger partial charge on any atom is -0.492 e. The lowest BCUT2D eigenvalue weighted by Gasteiger charge is -2.22. The van der Waals surface area contributed by atoms with E-state index in [1.54, 1.807) is 7.11 Å². The zero-order valence-electron chi connectivity index (χ0n) is 22.0. The highest BCUT2D eigenvalue weighted by Crippen LogP contribution is 2.28. The van der Waals surface area contributed by atoms with Crippen molar-refractivity contribution in [2.24, 2.45) is 11.1 Å². The summed E-state index contributed by atoms with van der Waals surface area (Å²) in [5.74, 6) is 0.800. The summed E-state index contributed by atoms with van der Waals surface area (Å²) < 4.78 is 18.5. The third kappa shape index (κ3) is 6.89. The molecule has 0 N–H and O–H groups in total. The molecule has 4 rings (SSSR count). The SMILES string of the molecule is CCOC(Cc1ccc(OCCn2ccc3ccc(C(=NOC)C4CCCCC4)nc32)cc1)C(=O)OC. The number of nitrogens with zero attached hydrogens (tertiary/aromatic N) is 3. The number of methoxy groups -OCH3 is 1. The maximum atomic E-state index is 11.9. The second-order valence-corrected chi connectivity index (χ2v) is 9.28. The Bertz CT molecular complexity index is 1180. The molecule has 0 saturated heterocycles. The van der Waals surface area contributed by atoms with E-state index in [4.69, 9.17) is 24.0 Å². The van der Waals surface area contributed by atoms with E-state index in [0.717, 1.165) is 46.6 Å². The average Bonchev–Trinajstić information content (AvgIpc) is 3.34. The number of carbonyl (C=O) groups excluding carboxylic acids is 1. The fourth-order valence-corrected chi connectivity index (χ4v) is 4.93. The predicted octanol–water partition coefficient (Wildman–Crippen LogP) is 5.17. The number of hydrogen-bond acceptors (Lipinski definition) is 7. The van der Waals surface area contributed by atoms with Gasteiger partial charge in [0.25, 0.3) is 0 Å². The van der Waals surface area contributed by atoms with E-state index in [-0.39, 0.29) is 5.97 Å². The first-order chi connectivity index (χ1) is 18.1. The van der Waals surface area contributed by atoms with E-state index in [2.05, 4.69) is 21.9 Å². The van der Waals surface area contributed by atoms with Crippen molar-refractivity contribution in [2.45, 2.75) is 58.1 Å². The zero-order valence-corrected chi connectivity index (χ0v) is 22.0. The molecule has 3 aromatic rings. The largest absolute Gasteiger partial charge is 0.492 e. The normalized spacial score (nSPS) is 15.5. The molecule has 1 saturated carbocycles. The van der Waals surface area contributed by atoms with E-state index >= 15 is 0 Å². The first-order valence-corrected chi connectivity index (χ1v) is 13.1. The van der Waals surface area contributed by atoms with E-state index < -0.39 is 6.10 Å². The van der Waals surface area contributed by atoms with Crippen LogP contribution >= 0.6 is 0 Å². The minimum atomic E-state index is -0.603. The van der Waals surface area contributed by atoms with Gasteiger partial charge in [0.1, 0.15) is 30.8 Å². The fourth-order valence-electron chi connectivity index (χ4n) is 4.93. The summed E-state index contributed by atoms with van der Waals surface area (Å²) >= 11 is 0. The minimum absolute atomic E-state index is 0.364. The van der Waals surface area contributed by atoms with Gasteiger partial charge in [0.2, 0.25) is 0 Å². The van der Waals surface area contributed by atoms with Crippen LogP contribution in [-0.4, -0.2) is 54.8 Å². The monoisotopic (exact) mass is 507 g/mol. The smallest absolute Gasteiger partial charge is 0.335 e. The quantitative estimate of drug-likeness (QED) is 0.191. The second kappa shape index (κ2) is 13.2. The van der Waals surface area contributed by atoms with Gasteiger partial charge in [-0.25, -0.2) is 9.78 Å². The lowest BCUT2D eigenvalue weighted by Crippen LogP contribution is -2.28. The molecule has 0 radical (unpaired) electrons. The molecular formula is C29H37N3O5. The third-order valence-electron chi connectivity index (χ3n) is 6.83. The number of benzene rings is 1. The van der Waals surface area contributed by atoms with Crippen molar-refractivity contribution in [1.82, 2.24) is 9.55 Å². The standard InChI is InChI=1S/C29H37N3O5/c1-4-36-26(29(33)34-2)20-21-10-13-24(14-11-21)37-19-18-32-17-16-23-12-15-25(30-28(23)32)27(31-35-3)22-8-6-5-7-9-22/h10-17,22,26H,4-9,18-20H2,1-3H3. The van der Waals surface area contributed by atoms with Crippen molar-refractivity contribution in [1.29, 1.82) is 0 Å². The van der Waals surface area contributed by atoms with Crippen molar-refractivity contribution in [3.8, 4) is 5.75 Å². The number of carbonyl (C=O) groups is 1. The number of ether oxygens (including phenoxy) is 3. The van der Waals surface area contributed by atoms with Gasteiger partial charge in [0.15, 0.2) is 6.10 Å². The molecule has 1 fully saturated rings. The number of fused-ring (bicyclic) bond motifs is 1. The molecule has 0 bridgehead atoms. The van der Waals surface area contributed by atoms with Gasteiger partial charge in [-0.1, -0.05) is 36.6 Å². The Morgan fingerprint density at radius 3 is 2.57 bits per heavy atom. The number of rotatable bonds is 12. The molecule has 2 aromatic heterocycles. The highest BCUT2D eigenvalue weighted by Gasteiger charge is 2.23. The Morgan fingerprint density at radius 1 is 1.08 bits per heavy atom. The van der Waals surface area contributed by atoms with Crippen LogP contribution < -0.4 is 4.74 Å². The van der Waals surface area contributed by atoms with Gasteiger partial charge in [-0.05, 0) is 55.7 Å². The van der Waals surface area contributed by atoms with Gasteiger partial charge in [-0.2, -0.15) is 0 Å². The van der Waals surface area contributed by atoms with Gasteiger partial charge in [0, 0.05) is 30.5 Å². The van der Waals surface area contributed by atoms with Crippen LogP contribution in [-0.2, 0) is 32.1 Å². The molecule has 1 atom stereocenters. The lowest BCUT2D eigenvalue weighted by atomic mass is 9.84. The van der Waals surface area contributed by atoms with Crippen LogP contribution in [0.5, 0.6) is 5.75 Å². The van der Waals surface area contributed by atoms with Gasteiger partial charge in [-0.15, -0.1) is 0 Å². The Balaban J connectivity index is 1.39. The Hall–Kier alpha value is -3.39. The fraction of sp³-hybridized carbons (Fsp3) is 0.483. The molecule has 2 heterocycles. The highest BCUT2D eigenvalue weighted by atomic mass is 16.6. The number of oxime groups is 1. The number of pyridine rings is 1. The first kappa shape index (κ1) is 26.7. The third-order valence-corrected chi connectivity index (χ3v) is 6.83. The second-order valence-electron chi connectivity index (χ2n) is 9.28. The summed E-state index contributed by atoms with van der Waals surface area (Å²) in [5.41, 5.74) is 3.73.